The van der Waals surface area contributed by atoms with Crippen LogP contribution < -0.4 is 15.5 Å². The van der Waals surface area contributed by atoms with Crippen LogP contribution in [0.15, 0.2) is 41.7 Å². The first kappa shape index (κ1) is 23.2. The van der Waals surface area contributed by atoms with E-state index < -0.39 is 4.92 Å². The first-order valence-corrected chi connectivity index (χ1v) is 9.65. The van der Waals surface area contributed by atoms with E-state index in [-0.39, 0.29) is 35.7 Å². The Labute approximate surface area is 191 Å². The zero-order valence-electron chi connectivity index (χ0n) is 16.1. The average Bonchev–Trinajstić information content (AvgIpc) is 3.32. The molecular formula is C18H25ClIN7O2. The van der Waals surface area contributed by atoms with E-state index >= 15 is 0 Å². The molecule has 2 N–H and O–H groups in total. The van der Waals surface area contributed by atoms with Crippen LogP contribution >= 0.6 is 35.6 Å². The predicted octanol–water partition coefficient (Wildman–Crippen LogP) is 2.90. The molecule has 1 saturated heterocycles. The van der Waals surface area contributed by atoms with Crippen molar-refractivity contribution in [1.82, 2.24) is 20.4 Å². The fourth-order valence-electron chi connectivity index (χ4n) is 3.13. The van der Waals surface area contributed by atoms with Gasteiger partial charge in [0.05, 0.1) is 18.0 Å². The summed E-state index contributed by atoms with van der Waals surface area (Å²) in [6.07, 6.45) is 3.66. The summed E-state index contributed by atoms with van der Waals surface area (Å²) in [5.41, 5.74) is 1.11. The molecule has 1 aliphatic heterocycles. The van der Waals surface area contributed by atoms with Crippen LogP contribution in [0.4, 0.5) is 11.4 Å². The van der Waals surface area contributed by atoms with Gasteiger partial charge in [-0.1, -0.05) is 17.7 Å². The fraction of sp³-hybridized carbons (Fsp3) is 0.444. The Morgan fingerprint density at radius 1 is 1.48 bits per heavy atom. The van der Waals surface area contributed by atoms with Crippen LogP contribution in [0.25, 0.3) is 0 Å². The minimum atomic E-state index is -0.454. The molecule has 0 bridgehead atoms. The second-order valence-electron chi connectivity index (χ2n) is 6.54. The third-order valence-electron chi connectivity index (χ3n) is 4.48. The van der Waals surface area contributed by atoms with Crippen LogP contribution in [0.3, 0.4) is 0 Å². The van der Waals surface area contributed by atoms with Crippen molar-refractivity contribution in [3.05, 3.63) is 51.8 Å². The number of nitrogens with zero attached hydrogens (tertiary/aromatic N) is 5. The van der Waals surface area contributed by atoms with Gasteiger partial charge < -0.3 is 15.5 Å². The van der Waals surface area contributed by atoms with Crippen LogP contribution in [0.2, 0.25) is 5.02 Å². The smallest absolute Gasteiger partial charge is 0.306 e. The zero-order valence-corrected chi connectivity index (χ0v) is 19.2. The lowest BCUT2D eigenvalue weighted by molar-refractivity contribution is -0.385. The molecule has 1 aromatic carbocycles. The number of nitrogens with one attached hydrogen (secondary N) is 2. The molecule has 0 aliphatic carbocycles. The summed E-state index contributed by atoms with van der Waals surface area (Å²) in [7, 11) is 0. The molecular weight excluding hydrogens is 509 g/mol. The number of aromatic nitrogens is 2. The minimum Gasteiger partial charge on any atom is -0.369 e. The molecule has 158 valence electrons. The lowest BCUT2D eigenvalue weighted by Gasteiger charge is -2.20. The molecule has 1 unspecified atom stereocenters. The van der Waals surface area contributed by atoms with Gasteiger partial charge in [0.2, 0.25) is 0 Å². The normalized spacial score (nSPS) is 16.4. The van der Waals surface area contributed by atoms with Gasteiger partial charge in [-0.05, 0) is 31.5 Å². The summed E-state index contributed by atoms with van der Waals surface area (Å²) in [6.45, 7) is 5.54. The number of aliphatic imine (C=N–C) groups is 1. The van der Waals surface area contributed by atoms with Gasteiger partial charge in [0.15, 0.2) is 5.96 Å². The van der Waals surface area contributed by atoms with Gasteiger partial charge in [-0.3, -0.25) is 19.8 Å². The van der Waals surface area contributed by atoms with Crippen molar-refractivity contribution in [2.24, 2.45) is 4.99 Å². The van der Waals surface area contributed by atoms with Crippen LogP contribution in [-0.4, -0.2) is 52.9 Å². The van der Waals surface area contributed by atoms with Crippen molar-refractivity contribution in [1.29, 1.82) is 0 Å². The highest BCUT2D eigenvalue weighted by molar-refractivity contribution is 14.0. The Kier molecular flexibility index (Phi) is 8.96. The number of nitro groups is 1. The van der Waals surface area contributed by atoms with Gasteiger partial charge >= 0.3 is 5.69 Å². The molecule has 3 rings (SSSR count). The molecule has 1 aromatic heterocycles. The van der Waals surface area contributed by atoms with Crippen molar-refractivity contribution >= 4 is 52.9 Å². The molecule has 0 saturated carbocycles. The number of benzene rings is 1. The van der Waals surface area contributed by atoms with Crippen molar-refractivity contribution < 1.29 is 4.92 Å². The van der Waals surface area contributed by atoms with Crippen LogP contribution in [0.5, 0.6) is 0 Å². The summed E-state index contributed by atoms with van der Waals surface area (Å²) in [5.74, 6) is 0.738. The topological polar surface area (TPSA) is 101 Å². The van der Waals surface area contributed by atoms with E-state index in [1.165, 1.54) is 17.1 Å². The maximum atomic E-state index is 10.7. The number of anilines is 1. The van der Waals surface area contributed by atoms with Crippen LogP contribution in [0.1, 0.15) is 13.3 Å². The third-order valence-corrected chi connectivity index (χ3v) is 4.71. The Balaban J connectivity index is 0.00000300. The predicted molar refractivity (Wildman–Crippen MR) is 125 cm³/mol. The molecule has 11 heteroatoms. The molecule has 29 heavy (non-hydrogen) atoms. The lowest BCUT2D eigenvalue weighted by atomic mass is 10.3. The number of halogens is 2. The van der Waals surface area contributed by atoms with Crippen LogP contribution in [-0.2, 0) is 6.54 Å². The van der Waals surface area contributed by atoms with Gasteiger partial charge in [0.25, 0.3) is 0 Å². The summed E-state index contributed by atoms with van der Waals surface area (Å²) < 4.78 is 1.53. The summed E-state index contributed by atoms with van der Waals surface area (Å²) in [6, 6.07) is 8.16. The van der Waals surface area contributed by atoms with Gasteiger partial charge in [-0.25, -0.2) is 0 Å². The first-order chi connectivity index (χ1) is 13.5. The van der Waals surface area contributed by atoms with E-state index in [0.29, 0.717) is 13.1 Å². The monoisotopic (exact) mass is 533 g/mol. The van der Waals surface area contributed by atoms with Crippen molar-refractivity contribution in [3.63, 3.8) is 0 Å². The minimum absolute atomic E-state index is 0. The van der Waals surface area contributed by atoms with Gasteiger partial charge in [0, 0.05) is 36.4 Å². The summed E-state index contributed by atoms with van der Waals surface area (Å²) in [4.78, 5) is 17.1. The Morgan fingerprint density at radius 3 is 3.00 bits per heavy atom. The van der Waals surface area contributed by atoms with Crippen LogP contribution in [0, 0.1) is 10.1 Å². The van der Waals surface area contributed by atoms with E-state index in [4.69, 9.17) is 11.6 Å². The first-order valence-electron chi connectivity index (χ1n) is 9.27. The highest BCUT2D eigenvalue weighted by atomic mass is 127. The number of rotatable bonds is 7. The molecule has 1 aliphatic rings. The second kappa shape index (κ2) is 11.2. The Morgan fingerprint density at radius 2 is 2.31 bits per heavy atom. The molecule has 1 fully saturated rings. The van der Waals surface area contributed by atoms with E-state index in [1.54, 1.807) is 0 Å². The number of guanidine groups is 1. The second-order valence-corrected chi connectivity index (χ2v) is 6.97. The van der Waals surface area contributed by atoms with Gasteiger partial charge in [-0.2, -0.15) is 5.10 Å². The Bertz CT molecular complexity index is 845. The van der Waals surface area contributed by atoms with Gasteiger partial charge in [-0.15, -0.1) is 24.0 Å². The molecule has 2 aromatic rings. The summed E-state index contributed by atoms with van der Waals surface area (Å²) in [5, 5.41) is 22.1. The third kappa shape index (κ3) is 6.74. The average molecular weight is 534 g/mol. The largest absolute Gasteiger partial charge is 0.369 e. The van der Waals surface area contributed by atoms with Crippen molar-refractivity contribution in [2.75, 3.05) is 31.1 Å². The summed E-state index contributed by atoms with van der Waals surface area (Å²) >= 11 is 6.10. The van der Waals surface area contributed by atoms with E-state index in [2.05, 4.69) is 31.7 Å². The molecule has 1 atom stereocenters. The highest BCUT2D eigenvalue weighted by Gasteiger charge is 2.23. The number of hydrogen-bond acceptors (Lipinski definition) is 5. The molecule has 2 heterocycles. The van der Waals surface area contributed by atoms with Gasteiger partial charge in [0.1, 0.15) is 12.4 Å². The van der Waals surface area contributed by atoms with Crippen molar-refractivity contribution in [2.45, 2.75) is 25.9 Å². The van der Waals surface area contributed by atoms with E-state index in [1.807, 2.05) is 25.1 Å². The standard InChI is InChI=1S/C18H24ClN7O2.HI/c1-2-20-18(21-7-9-25-13-17(11-22-25)26(27)28)23-15-6-8-24(12-15)16-5-3-4-14(19)10-16;/h3-5,10-11,13,15H,2,6-9,12H2,1H3,(H2,20,21,23);1H. The Hall–Kier alpha value is -2.08. The fourth-order valence-corrected chi connectivity index (χ4v) is 3.32. The zero-order chi connectivity index (χ0) is 19.9. The van der Waals surface area contributed by atoms with Crippen molar-refractivity contribution in [3.8, 4) is 0 Å². The molecule has 0 radical (unpaired) electrons. The van der Waals surface area contributed by atoms with E-state index in [9.17, 15) is 10.1 Å². The molecule has 9 nitrogen and oxygen atoms in total. The maximum Gasteiger partial charge on any atom is 0.306 e. The van der Waals surface area contributed by atoms with E-state index in [0.717, 1.165) is 42.7 Å². The molecule has 0 spiro atoms. The number of hydrogen-bond donors (Lipinski definition) is 2. The quantitative estimate of drug-likeness (QED) is 0.187. The SMILES string of the molecule is CCNC(=NCCn1cc([N+](=O)[O-])cn1)NC1CCN(c2cccc(Cl)c2)C1.I. The lowest BCUT2D eigenvalue weighted by Crippen LogP contribution is -2.44. The molecule has 0 amide bonds. The highest BCUT2D eigenvalue weighted by Crippen LogP contribution is 2.23. The maximum absolute atomic E-state index is 10.7.